The van der Waals surface area contributed by atoms with Crippen molar-refractivity contribution in [3.05, 3.63) is 33.8 Å². The smallest absolute Gasteiger partial charge is 0.321 e. The van der Waals surface area contributed by atoms with Crippen molar-refractivity contribution >= 4 is 45.7 Å². The molecule has 3 rings (SSSR count). The Labute approximate surface area is 178 Å². The number of nitrogens with zero attached hydrogens (tertiary/aromatic N) is 2. The molecule has 2 heterocycles. The van der Waals surface area contributed by atoms with Gasteiger partial charge in [-0.15, -0.1) is 11.3 Å². The third-order valence-electron chi connectivity index (χ3n) is 4.25. The van der Waals surface area contributed by atoms with Gasteiger partial charge in [-0.25, -0.2) is 9.78 Å². The Bertz CT molecular complexity index is 902. The Hall–Kier alpha value is -2.36. The Balaban J connectivity index is 1.58. The topological polar surface area (TPSA) is 95.6 Å². The molecule has 10 heteroatoms. The lowest BCUT2D eigenvalue weighted by Gasteiger charge is -2.25. The molecule has 0 spiro atoms. The molecule has 0 fully saturated rings. The quantitative estimate of drug-likeness (QED) is 0.644. The highest BCUT2D eigenvalue weighted by atomic mass is 35.5. The minimum atomic E-state index is -0.266. The number of anilines is 2. The number of methoxy groups -OCH3 is 1. The Morgan fingerprint density at radius 1 is 1.34 bits per heavy atom. The number of halogens is 1. The van der Waals surface area contributed by atoms with Crippen LogP contribution in [0.25, 0.3) is 0 Å². The highest BCUT2D eigenvalue weighted by molar-refractivity contribution is 7.15. The number of hydrogen-bond donors (Lipinski definition) is 3. The number of fused-ring (bicyclic) bond motifs is 1. The number of carbonyl (C=O) groups is 2. The minimum Gasteiger partial charge on any atom is -0.495 e. The number of nitrogens with one attached hydrogen (secondary N) is 3. The van der Waals surface area contributed by atoms with E-state index in [1.807, 2.05) is 18.7 Å². The van der Waals surface area contributed by atoms with Crippen LogP contribution in [0.5, 0.6) is 5.75 Å². The van der Waals surface area contributed by atoms with E-state index in [1.54, 1.807) is 25.3 Å². The molecule has 156 valence electrons. The fraction of sp³-hybridized carbons (Fsp3) is 0.421. The average Bonchev–Trinajstić information content (AvgIpc) is 3.02. The van der Waals surface area contributed by atoms with E-state index >= 15 is 0 Å². The predicted octanol–water partition coefficient (Wildman–Crippen LogP) is 3.33. The number of carbonyl (C=O) groups excluding carboxylic acids is 2. The van der Waals surface area contributed by atoms with E-state index in [0.717, 1.165) is 17.0 Å². The van der Waals surface area contributed by atoms with E-state index in [9.17, 15) is 9.59 Å². The van der Waals surface area contributed by atoms with Crippen LogP contribution in [-0.4, -0.2) is 48.1 Å². The van der Waals surface area contributed by atoms with Gasteiger partial charge in [-0.1, -0.05) is 11.6 Å². The maximum absolute atomic E-state index is 12.5. The second kappa shape index (κ2) is 9.43. The molecule has 1 aromatic carbocycles. The maximum atomic E-state index is 12.5. The minimum absolute atomic E-state index is 0.0525. The summed E-state index contributed by atoms with van der Waals surface area (Å²) in [6.07, 6.45) is 0.729. The molecular formula is C19H24ClN5O3S. The van der Waals surface area contributed by atoms with E-state index in [0.29, 0.717) is 34.7 Å². The van der Waals surface area contributed by atoms with Gasteiger partial charge < -0.3 is 15.4 Å². The highest BCUT2D eigenvalue weighted by Crippen LogP contribution is 2.29. The molecule has 1 aliphatic heterocycles. The van der Waals surface area contributed by atoms with Crippen molar-refractivity contribution in [2.75, 3.05) is 30.8 Å². The molecule has 1 aromatic heterocycles. The van der Waals surface area contributed by atoms with Gasteiger partial charge in [0.2, 0.25) is 5.91 Å². The number of rotatable bonds is 6. The molecule has 8 nitrogen and oxygen atoms in total. The summed E-state index contributed by atoms with van der Waals surface area (Å²) < 4.78 is 5.26. The van der Waals surface area contributed by atoms with Crippen molar-refractivity contribution in [3.63, 3.8) is 0 Å². The highest BCUT2D eigenvalue weighted by Gasteiger charge is 2.23. The van der Waals surface area contributed by atoms with Crippen molar-refractivity contribution in [1.82, 2.24) is 15.2 Å². The summed E-state index contributed by atoms with van der Waals surface area (Å²) in [5.74, 6) is 0.412. The number of thiazole rings is 1. The molecule has 3 N–H and O–H groups in total. The molecule has 0 unspecified atom stereocenters. The second-order valence-corrected chi connectivity index (χ2v) is 8.52. The largest absolute Gasteiger partial charge is 0.495 e. The summed E-state index contributed by atoms with van der Waals surface area (Å²) in [6, 6.07) is 4.87. The Morgan fingerprint density at radius 3 is 2.86 bits per heavy atom. The first-order chi connectivity index (χ1) is 13.8. The third kappa shape index (κ3) is 5.81. The van der Waals surface area contributed by atoms with Crippen LogP contribution in [0, 0.1) is 0 Å². The number of aromatic nitrogens is 1. The SMILES string of the molecule is COc1ccc(Cl)cc1NC(=O)CN1CCc2nc(NC(=O)NC(C)C)sc2C1. The monoisotopic (exact) mass is 437 g/mol. The van der Waals surface area contributed by atoms with Crippen LogP contribution in [-0.2, 0) is 17.8 Å². The van der Waals surface area contributed by atoms with E-state index in [2.05, 4.69) is 20.9 Å². The lowest BCUT2D eigenvalue weighted by atomic mass is 10.2. The Morgan fingerprint density at radius 2 is 2.14 bits per heavy atom. The summed E-state index contributed by atoms with van der Waals surface area (Å²) in [6.45, 7) is 5.36. The average molecular weight is 438 g/mol. The van der Waals surface area contributed by atoms with Crippen LogP contribution in [0.3, 0.4) is 0 Å². The zero-order valence-corrected chi connectivity index (χ0v) is 18.1. The van der Waals surface area contributed by atoms with Crippen LogP contribution in [0.4, 0.5) is 15.6 Å². The number of urea groups is 1. The van der Waals surface area contributed by atoms with Gasteiger partial charge in [0.05, 0.1) is 25.0 Å². The Kier molecular flexibility index (Phi) is 6.94. The van der Waals surface area contributed by atoms with Crippen LogP contribution in [0.2, 0.25) is 5.02 Å². The molecule has 0 saturated heterocycles. The summed E-state index contributed by atoms with van der Waals surface area (Å²) in [5.41, 5.74) is 1.52. The van der Waals surface area contributed by atoms with Crippen LogP contribution >= 0.6 is 22.9 Å². The third-order valence-corrected chi connectivity index (χ3v) is 5.49. The van der Waals surface area contributed by atoms with Crippen LogP contribution < -0.4 is 20.7 Å². The van der Waals surface area contributed by atoms with E-state index < -0.39 is 0 Å². The first-order valence-electron chi connectivity index (χ1n) is 9.26. The predicted molar refractivity (Wildman–Crippen MR) is 115 cm³/mol. The summed E-state index contributed by atoms with van der Waals surface area (Å²) >= 11 is 7.45. The molecule has 29 heavy (non-hydrogen) atoms. The molecule has 2 aromatic rings. The lowest BCUT2D eigenvalue weighted by Crippen LogP contribution is -2.36. The molecule has 3 amide bonds. The summed E-state index contributed by atoms with van der Waals surface area (Å²) in [5, 5.41) is 9.50. The second-order valence-electron chi connectivity index (χ2n) is 7.00. The van der Waals surface area contributed by atoms with Crippen molar-refractivity contribution in [2.24, 2.45) is 0 Å². The molecule has 0 atom stereocenters. The molecule has 1 aliphatic rings. The molecule has 0 aliphatic carbocycles. The van der Waals surface area contributed by atoms with Gasteiger partial charge in [-0.2, -0.15) is 0 Å². The molecule has 0 saturated carbocycles. The summed E-state index contributed by atoms with van der Waals surface area (Å²) in [7, 11) is 1.54. The molecule has 0 bridgehead atoms. The number of ether oxygens (including phenoxy) is 1. The van der Waals surface area contributed by atoms with Gasteiger partial charge in [0.25, 0.3) is 0 Å². The van der Waals surface area contributed by atoms with Gasteiger partial charge in [-0.3, -0.25) is 15.0 Å². The zero-order valence-electron chi connectivity index (χ0n) is 16.5. The van der Waals surface area contributed by atoms with E-state index in [1.165, 1.54) is 11.3 Å². The van der Waals surface area contributed by atoms with Crippen molar-refractivity contribution < 1.29 is 14.3 Å². The molecule has 0 radical (unpaired) electrons. The van der Waals surface area contributed by atoms with E-state index in [-0.39, 0.29) is 24.5 Å². The fourth-order valence-electron chi connectivity index (χ4n) is 3.00. The number of benzene rings is 1. The van der Waals surface area contributed by atoms with Crippen LogP contribution in [0.1, 0.15) is 24.4 Å². The number of amides is 3. The van der Waals surface area contributed by atoms with Crippen LogP contribution in [0.15, 0.2) is 18.2 Å². The molecular weight excluding hydrogens is 414 g/mol. The summed E-state index contributed by atoms with van der Waals surface area (Å²) in [4.78, 5) is 32.0. The number of hydrogen-bond acceptors (Lipinski definition) is 6. The first-order valence-corrected chi connectivity index (χ1v) is 10.5. The van der Waals surface area contributed by atoms with Gasteiger partial charge in [0, 0.05) is 35.5 Å². The van der Waals surface area contributed by atoms with Gasteiger partial charge in [0.1, 0.15) is 5.75 Å². The van der Waals surface area contributed by atoms with Gasteiger partial charge >= 0.3 is 6.03 Å². The van der Waals surface area contributed by atoms with Gasteiger partial charge in [-0.05, 0) is 32.0 Å². The normalized spacial score (nSPS) is 13.7. The standard InChI is InChI=1S/C19H24ClN5O3S/c1-11(2)21-18(27)24-19-23-13-6-7-25(9-16(13)29-19)10-17(26)22-14-8-12(20)4-5-15(14)28-3/h4-5,8,11H,6-7,9-10H2,1-3H3,(H,22,26)(H2,21,23,24,27). The zero-order chi connectivity index (χ0) is 21.0. The first kappa shape index (κ1) is 21.4. The van der Waals surface area contributed by atoms with Gasteiger partial charge in [0.15, 0.2) is 5.13 Å². The lowest BCUT2D eigenvalue weighted by molar-refractivity contribution is -0.117. The fourth-order valence-corrected chi connectivity index (χ4v) is 4.22. The van der Waals surface area contributed by atoms with Crippen molar-refractivity contribution in [2.45, 2.75) is 32.9 Å². The van der Waals surface area contributed by atoms with Crippen molar-refractivity contribution in [3.8, 4) is 5.75 Å². The maximum Gasteiger partial charge on any atom is 0.321 e. The van der Waals surface area contributed by atoms with E-state index in [4.69, 9.17) is 16.3 Å². The van der Waals surface area contributed by atoms with Crippen molar-refractivity contribution in [1.29, 1.82) is 0 Å².